The number of nitrogens with zero attached hydrogens (tertiary/aromatic N) is 1. The summed E-state index contributed by atoms with van der Waals surface area (Å²) in [6.07, 6.45) is 5.41. The number of benzene rings is 1. The molecule has 2 aromatic rings. The fraction of sp³-hybridized carbons (Fsp3) is 0.400. The highest BCUT2D eigenvalue weighted by Gasteiger charge is 2.25. The zero-order valence-corrected chi connectivity index (χ0v) is 13.0. The summed E-state index contributed by atoms with van der Waals surface area (Å²) in [6.45, 7) is 0. The molecule has 1 aromatic heterocycles. The molecule has 0 saturated heterocycles. The van der Waals surface area contributed by atoms with Crippen molar-refractivity contribution in [3.8, 4) is 0 Å². The molecule has 1 amide bonds. The third kappa shape index (κ3) is 2.89. The molecule has 1 aliphatic rings. The van der Waals surface area contributed by atoms with Gasteiger partial charge >= 0.3 is 0 Å². The van der Waals surface area contributed by atoms with Crippen molar-refractivity contribution in [1.82, 2.24) is 9.99 Å². The van der Waals surface area contributed by atoms with Crippen LogP contribution in [0.4, 0.5) is 0 Å². The van der Waals surface area contributed by atoms with Crippen LogP contribution in [-0.2, 0) is 0 Å². The molecule has 1 aromatic carbocycles. The van der Waals surface area contributed by atoms with Crippen LogP contribution < -0.4 is 5.84 Å². The third-order valence-electron chi connectivity index (χ3n) is 4.09. The Morgan fingerprint density at radius 3 is 2.62 bits per heavy atom. The Labute approximate surface area is 133 Å². The normalized spacial score (nSPS) is 16.3. The van der Waals surface area contributed by atoms with E-state index < -0.39 is 0 Å². The predicted octanol–water partition coefficient (Wildman–Crippen LogP) is 4.12. The van der Waals surface area contributed by atoms with E-state index in [9.17, 15) is 4.79 Å². The summed E-state index contributed by atoms with van der Waals surface area (Å²) < 4.78 is 0. The average Bonchev–Trinajstić information content (AvgIpc) is 2.91. The highest BCUT2D eigenvalue weighted by atomic mass is 35.5. The van der Waals surface area contributed by atoms with Gasteiger partial charge in [-0.25, -0.2) is 5.84 Å². The molecule has 0 radical (unpaired) electrons. The van der Waals surface area contributed by atoms with Crippen molar-refractivity contribution < 1.29 is 4.79 Å². The number of fused-ring (bicyclic) bond motifs is 1. The Hall–Kier alpha value is -1.23. The zero-order valence-electron chi connectivity index (χ0n) is 11.5. The SMILES string of the molecule is NN(C(=O)c1cc2c(Cl)cc(Cl)cc2[nH]1)C1CCCCC1. The number of hydrogen-bond acceptors (Lipinski definition) is 2. The van der Waals surface area contributed by atoms with Crippen LogP contribution in [0.15, 0.2) is 18.2 Å². The number of hydrazine groups is 1. The van der Waals surface area contributed by atoms with E-state index in [1.807, 2.05) is 0 Å². The second-order valence-corrected chi connectivity index (χ2v) is 6.38. The first-order chi connectivity index (χ1) is 10.1. The van der Waals surface area contributed by atoms with Gasteiger partial charge in [0.15, 0.2) is 0 Å². The van der Waals surface area contributed by atoms with Crippen LogP contribution in [0.3, 0.4) is 0 Å². The van der Waals surface area contributed by atoms with Gasteiger partial charge in [-0.2, -0.15) is 0 Å². The smallest absolute Gasteiger partial charge is 0.284 e. The van der Waals surface area contributed by atoms with E-state index >= 15 is 0 Å². The lowest BCUT2D eigenvalue weighted by Gasteiger charge is -2.30. The van der Waals surface area contributed by atoms with Crippen molar-refractivity contribution in [3.05, 3.63) is 33.9 Å². The fourth-order valence-electron chi connectivity index (χ4n) is 2.94. The third-order valence-corrected chi connectivity index (χ3v) is 4.62. The number of halogens is 2. The van der Waals surface area contributed by atoms with Crippen LogP contribution in [-0.4, -0.2) is 21.9 Å². The van der Waals surface area contributed by atoms with Gasteiger partial charge in [-0.1, -0.05) is 42.5 Å². The Balaban J connectivity index is 1.88. The molecule has 0 atom stereocenters. The lowest BCUT2D eigenvalue weighted by Crippen LogP contribution is -2.46. The van der Waals surface area contributed by atoms with E-state index in [-0.39, 0.29) is 11.9 Å². The van der Waals surface area contributed by atoms with Crippen molar-refractivity contribution in [2.45, 2.75) is 38.1 Å². The van der Waals surface area contributed by atoms with Crippen LogP contribution in [0.5, 0.6) is 0 Å². The average molecular weight is 326 g/mol. The number of carbonyl (C=O) groups is 1. The van der Waals surface area contributed by atoms with Gasteiger partial charge in [-0.15, -0.1) is 0 Å². The molecule has 3 rings (SSSR count). The molecule has 4 nitrogen and oxygen atoms in total. The molecular weight excluding hydrogens is 309 g/mol. The summed E-state index contributed by atoms with van der Waals surface area (Å²) in [7, 11) is 0. The van der Waals surface area contributed by atoms with Crippen LogP contribution in [0.25, 0.3) is 10.9 Å². The maximum absolute atomic E-state index is 12.5. The first-order valence-electron chi connectivity index (χ1n) is 7.12. The molecule has 3 N–H and O–H groups in total. The Kier molecular flexibility index (Phi) is 4.11. The molecular formula is C15H17Cl2N3O. The molecule has 1 heterocycles. The molecule has 112 valence electrons. The first kappa shape index (κ1) is 14.7. The number of nitrogens with two attached hydrogens (primary N) is 1. The van der Waals surface area contributed by atoms with Gasteiger partial charge in [-0.3, -0.25) is 9.80 Å². The number of H-pyrrole nitrogens is 1. The minimum absolute atomic E-state index is 0.122. The zero-order chi connectivity index (χ0) is 15.0. The standard InChI is InChI=1S/C15H17Cl2N3O/c16-9-6-12(17)11-8-14(19-13(11)7-9)15(21)20(18)10-4-2-1-3-5-10/h6-8,10,19H,1-5,18H2. The molecule has 0 unspecified atom stereocenters. The number of hydrogen-bond donors (Lipinski definition) is 2. The summed E-state index contributed by atoms with van der Waals surface area (Å²) in [5.74, 6) is 5.82. The predicted molar refractivity (Wildman–Crippen MR) is 85.5 cm³/mol. The maximum Gasteiger partial charge on any atom is 0.284 e. The van der Waals surface area contributed by atoms with Gasteiger partial charge in [0.1, 0.15) is 5.69 Å². The summed E-state index contributed by atoms with van der Waals surface area (Å²) in [6, 6.07) is 5.27. The van der Waals surface area contributed by atoms with E-state index in [2.05, 4.69) is 4.98 Å². The van der Waals surface area contributed by atoms with Gasteiger partial charge in [0.2, 0.25) is 0 Å². The minimum atomic E-state index is -0.203. The van der Waals surface area contributed by atoms with Gasteiger partial charge in [0.05, 0.1) is 5.02 Å². The number of nitrogens with one attached hydrogen (secondary N) is 1. The fourth-order valence-corrected chi connectivity index (χ4v) is 3.49. The molecule has 0 spiro atoms. The Bertz CT molecular complexity index is 677. The molecule has 1 aliphatic carbocycles. The number of aromatic nitrogens is 1. The Morgan fingerprint density at radius 1 is 1.19 bits per heavy atom. The van der Waals surface area contributed by atoms with Crippen LogP contribution in [0.2, 0.25) is 10.0 Å². The van der Waals surface area contributed by atoms with Gasteiger partial charge in [0, 0.05) is 22.0 Å². The number of aromatic amines is 1. The molecule has 0 bridgehead atoms. The van der Waals surface area contributed by atoms with Crippen LogP contribution in [0.1, 0.15) is 42.6 Å². The highest BCUT2D eigenvalue weighted by Crippen LogP contribution is 2.29. The van der Waals surface area contributed by atoms with Gasteiger partial charge in [-0.05, 0) is 31.0 Å². The molecule has 1 fully saturated rings. The lowest BCUT2D eigenvalue weighted by atomic mass is 9.95. The number of carbonyl (C=O) groups excluding carboxylic acids is 1. The monoisotopic (exact) mass is 325 g/mol. The van der Waals surface area contributed by atoms with E-state index in [1.54, 1.807) is 18.2 Å². The summed E-state index contributed by atoms with van der Waals surface area (Å²) in [5, 5.41) is 3.19. The number of amides is 1. The summed E-state index contributed by atoms with van der Waals surface area (Å²) in [4.78, 5) is 15.6. The van der Waals surface area contributed by atoms with Crippen molar-refractivity contribution in [1.29, 1.82) is 0 Å². The van der Waals surface area contributed by atoms with Crippen LogP contribution >= 0.6 is 23.2 Å². The van der Waals surface area contributed by atoms with Crippen molar-refractivity contribution in [2.75, 3.05) is 0 Å². The summed E-state index contributed by atoms with van der Waals surface area (Å²) >= 11 is 12.1. The van der Waals surface area contributed by atoms with Gasteiger partial charge < -0.3 is 4.98 Å². The second-order valence-electron chi connectivity index (χ2n) is 5.54. The highest BCUT2D eigenvalue weighted by molar-refractivity contribution is 6.38. The minimum Gasteiger partial charge on any atom is -0.350 e. The lowest BCUT2D eigenvalue weighted by molar-refractivity contribution is 0.0628. The largest absolute Gasteiger partial charge is 0.350 e. The number of rotatable bonds is 2. The topological polar surface area (TPSA) is 62.1 Å². The van der Waals surface area contributed by atoms with E-state index in [1.165, 1.54) is 11.4 Å². The van der Waals surface area contributed by atoms with Gasteiger partial charge in [0.25, 0.3) is 5.91 Å². The van der Waals surface area contributed by atoms with E-state index in [0.29, 0.717) is 15.7 Å². The van der Waals surface area contributed by atoms with E-state index in [0.717, 1.165) is 36.6 Å². The molecule has 1 saturated carbocycles. The quantitative estimate of drug-likeness (QED) is 0.495. The van der Waals surface area contributed by atoms with Crippen molar-refractivity contribution >= 4 is 40.0 Å². The maximum atomic E-state index is 12.5. The van der Waals surface area contributed by atoms with E-state index in [4.69, 9.17) is 29.0 Å². The van der Waals surface area contributed by atoms with Crippen LogP contribution in [0, 0.1) is 0 Å². The molecule has 21 heavy (non-hydrogen) atoms. The Morgan fingerprint density at radius 2 is 1.90 bits per heavy atom. The van der Waals surface area contributed by atoms with Crippen molar-refractivity contribution in [2.24, 2.45) is 5.84 Å². The summed E-state index contributed by atoms with van der Waals surface area (Å²) in [5.41, 5.74) is 1.19. The molecule has 6 heteroatoms. The van der Waals surface area contributed by atoms with Crippen molar-refractivity contribution in [3.63, 3.8) is 0 Å². The second kappa shape index (κ2) is 5.87. The molecule has 0 aliphatic heterocycles. The first-order valence-corrected chi connectivity index (χ1v) is 7.88.